The van der Waals surface area contributed by atoms with Crippen LogP contribution in [0.2, 0.25) is 0 Å². The average Bonchev–Trinajstić information content (AvgIpc) is 2.56. The fourth-order valence-electron chi connectivity index (χ4n) is 2.05. The highest BCUT2D eigenvalue weighted by atomic mass is 16.5. The van der Waals surface area contributed by atoms with Crippen LogP contribution in [-0.2, 0) is 4.74 Å². The smallest absolute Gasteiger partial charge is 0.251 e. The molecule has 0 radical (unpaired) electrons. The number of ether oxygens (including phenoxy) is 2. The number of rotatable bonds is 7. The van der Waals surface area contributed by atoms with Gasteiger partial charge in [0.2, 0.25) is 0 Å². The van der Waals surface area contributed by atoms with E-state index in [1.807, 2.05) is 37.3 Å². The van der Waals surface area contributed by atoms with E-state index in [0.717, 1.165) is 11.3 Å². The maximum absolute atomic E-state index is 12.2. The molecule has 0 saturated heterocycles. The Bertz CT molecular complexity index is 581. The molecule has 4 nitrogen and oxygen atoms in total. The molecular formula is C18H21NO3. The highest BCUT2D eigenvalue weighted by Crippen LogP contribution is 2.15. The van der Waals surface area contributed by atoms with Crippen LogP contribution in [0.5, 0.6) is 5.75 Å². The van der Waals surface area contributed by atoms with E-state index >= 15 is 0 Å². The summed E-state index contributed by atoms with van der Waals surface area (Å²) >= 11 is 0. The molecule has 1 atom stereocenters. The van der Waals surface area contributed by atoms with Crippen LogP contribution in [0.15, 0.2) is 54.6 Å². The summed E-state index contributed by atoms with van der Waals surface area (Å²) in [6.45, 7) is 3.00. The lowest BCUT2D eigenvalue weighted by molar-refractivity contribution is 0.0940. The van der Waals surface area contributed by atoms with Crippen molar-refractivity contribution in [2.24, 2.45) is 0 Å². The maximum Gasteiger partial charge on any atom is 0.251 e. The molecule has 116 valence electrons. The van der Waals surface area contributed by atoms with Crippen molar-refractivity contribution in [2.45, 2.75) is 13.0 Å². The number of hydrogen-bond acceptors (Lipinski definition) is 3. The van der Waals surface area contributed by atoms with Gasteiger partial charge in [-0.05, 0) is 36.8 Å². The van der Waals surface area contributed by atoms with E-state index in [1.165, 1.54) is 0 Å². The van der Waals surface area contributed by atoms with Gasteiger partial charge in [0.05, 0.1) is 12.6 Å². The number of benzene rings is 2. The Morgan fingerprint density at radius 2 is 1.73 bits per heavy atom. The number of methoxy groups -OCH3 is 1. The largest absolute Gasteiger partial charge is 0.491 e. The van der Waals surface area contributed by atoms with Gasteiger partial charge in [-0.1, -0.05) is 30.3 Å². The second kappa shape index (κ2) is 8.20. The average molecular weight is 299 g/mol. The molecule has 4 heteroatoms. The summed E-state index contributed by atoms with van der Waals surface area (Å²) < 4.78 is 10.4. The first-order chi connectivity index (χ1) is 10.7. The van der Waals surface area contributed by atoms with Gasteiger partial charge in [-0.15, -0.1) is 0 Å². The van der Waals surface area contributed by atoms with Crippen LogP contribution in [0.3, 0.4) is 0 Å². The van der Waals surface area contributed by atoms with Gasteiger partial charge < -0.3 is 14.8 Å². The van der Waals surface area contributed by atoms with Gasteiger partial charge in [-0.25, -0.2) is 0 Å². The third-order valence-electron chi connectivity index (χ3n) is 3.32. The highest BCUT2D eigenvalue weighted by molar-refractivity contribution is 5.94. The lowest BCUT2D eigenvalue weighted by atomic mass is 10.1. The minimum Gasteiger partial charge on any atom is -0.491 e. The van der Waals surface area contributed by atoms with Crippen LogP contribution in [0.4, 0.5) is 0 Å². The summed E-state index contributed by atoms with van der Waals surface area (Å²) in [6, 6.07) is 16.9. The molecule has 0 aromatic heterocycles. The van der Waals surface area contributed by atoms with Crippen LogP contribution in [0.25, 0.3) is 0 Å². The second-order valence-electron chi connectivity index (χ2n) is 4.97. The van der Waals surface area contributed by atoms with E-state index < -0.39 is 0 Å². The predicted molar refractivity (Wildman–Crippen MR) is 86.1 cm³/mol. The standard InChI is InChI=1S/C18H21NO3/c1-14(15-6-4-3-5-7-15)19-18(20)16-8-10-17(11-9-16)22-13-12-21-2/h3-11,14H,12-13H2,1-2H3,(H,19,20)/t14-/m1/s1. The van der Waals surface area contributed by atoms with Crippen molar-refractivity contribution in [3.8, 4) is 5.75 Å². The van der Waals surface area contributed by atoms with Crippen molar-refractivity contribution in [2.75, 3.05) is 20.3 Å². The molecule has 0 bridgehead atoms. The number of nitrogens with one attached hydrogen (secondary N) is 1. The fourth-order valence-corrected chi connectivity index (χ4v) is 2.05. The van der Waals surface area contributed by atoms with Gasteiger partial charge in [-0.2, -0.15) is 0 Å². The molecule has 2 aromatic carbocycles. The zero-order valence-corrected chi connectivity index (χ0v) is 12.9. The van der Waals surface area contributed by atoms with Crippen molar-refractivity contribution in [3.05, 3.63) is 65.7 Å². The van der Waals surface area contributed by atoms with E-state index in [-0.39, 0.29) is 11.9 Å². The zero-order valence-electron chi connectivity index (χ0n) is 12.9. The Balaban J connectivity index is 1.92. The molecule has 0 spiro atoms. The van der Waals surface area contributed by atoms with E-state index in [2.05, 4.69) is 5.32 Å². The maximum atomic E-state index is 12.2. The number of carbonyl (C=O) groups is 1. The molecule has 2 aromatic rings. The van der Waals surface area contributed by atoms with Crippen molar-refractivity contribution in [1.82, 2.24) is 5.32 Å². The van der Waals surface area contributed by atoms with E-state index in [9.17, 15) is 4.79 Å². The molecule has 0 aliphatic rings. The summed E-state index contributed by atoms with van der Waals surface area (Å²) in [4.78, 5) is 12.2. The first-order valence-electron chi connectivity index (χ1n) is 7.28. The Morgan fingerprint density at radius 1 is 1.05 bits per heavy atom. The quantitative estimate of drug-likeness (QED) is 0.799. The van der Waals surface area contributed by atoms with Crippen LogP contribution in [-0.4, -0.2) is 26.2 Å². The van der Waals surface area contributed by atoms with Crippen molar-refractivity contribution in [3.63, 3.8) is 0 Å². The summed E-state index contributed by atoms with van der Waals surface area (Å²) in [6.07, 6.45) is 0. The molecule has 1 N–H and O–H groups in total. The lowest BCUT2D eigenvalue weighted by Crippen LogP contribution is -2.26. The molecule has 0 aliphatic heterocycles. The topological polar surface area (TPSA) is 47.6 Å². The van der Waals surface area contributed by atoms with Gasteiger partial charge in [0, 0.05) is 12.7 Å². The van der Waals surface area contributed by atoms with Crippen molar-refractivity contribution in [1.29, 1.82) is 0 Å². The number of carbonyl (C=O) groups excluding carboxylic acids is 1. The Hall–Kier alpha value is -2.33. The Morgan fingerprint density at radius 3 is 2.36 bits per heavy atom. The summed E-state index contributed by atoms with van der Waals surface area (Å²) in [5, 5.41) is 2.98. The Labute approximate surface area is 131 Å². The molecule has 2 rings (SSSR count). The minimum absolute atomic E-state index is 0.0358. The third kappa shape index (κ3) is 4.60. The first-order valence-corrected chi connectivity index (χ1v) is 7.28. The van der Waals surface area contributed by atoms with Gasteiger partial charge in [-0.3, -0.25) is 4.79 Å². The van der Waals surface area contributed by atoms with Gasteiger partial charge >= 0.3 is 0 Å². The molecule has 0 fully saturated rings. The molecule has 0 unspecified atom stereocenters. The molecule has 0 saturated carbocycles. The number of amides is 1. The fraction of sp³-hybridized carbons (Fsp3) is 0.278. The Kier molecular flexibility index (Phi) is 5.98. The zero-order chi connectivity index (χ0) is 15.8. The highest BCUT2D eigenvalue weighted by Gasteiger charge is 2.11. The molecule has 0 heterocycles. The summed E-state index contributed by atoms with van der Waals surface area (Å²) in [5.41, 5.74) is 1.69. The third-order valence-corrected chi connectivity index (χ3v) is 3.32. The molecular weight excluding hydrogens is 278 g/mol. The number of hydrogen-bond donors (Lipinski definition) is 1. The van der Waals surface area contributed by atoms with Crippen LogP contribution >= 0.6 is 0 Å². The van der Waals surface area contributed by atoms with Crippen LogP contribution < -0.4 is 10.1 Å². The van der Waals surface area contributed by atoms with E-state index in [4.69, 9.17) is 9.47 Å². The molecule has 22 heavy (non-hydrogen) atoms. The van der Waals surface area contributed by atoms with E-state index in [1.54, 1.807) is 31.4 Å². The van der Waals surface area contributed by atoms with Crippen LogP contribution in [0, 0.1) is 0 Å². The van der Waals surface area contributed by atoms with Gasteiger partial charge in [0.15, 0.2) is 0 Å². The van der Waals surface area contributed by atoms with E-state index in [0.29, 0.717) is 18.8 Å². The normalized spacial score (nSPS) is 11.7. The van der Waals surface area contributed by atoms with Crippen LogP contribution in [0.1, 0.15) is 28.9 Å². The minimum atomic E-state index is -0.0974. The predicted octanol–water partition coefficient (Wildman–Crippen LogP) is 3.20. The monoisotopic (exact) mass is 299 g/mol. The van der Waals surface area contributed by atoms with Crippen molar-refractivity contribution < 1.29 is 14.3 Å². The van der Waals surface area contributed by atoms with Gasteiger partial charge in [0.25, 0.3) is 5.91 Å². The molecule has 1 amide bonds. The summed E-state index contributed by atoms with van der Waals surface area (Å²) in [5.74, 6) is 0.629. The SMILES string of the molecule is COCCOc1ccc(C(=O)N[C@H](C)c2ccccc2)cc1. The van der Waals surface area contributed by atoms with Crippen molar-refractivity contribution >= 4 is 5.91 Å². The second-order valence-corrected chi connectivity index (χ2v) is 4.97. The lowest BCUT2D eigenvalue weighted by Gasteiger charge is -2.14. The molecule has 0 aliphatic carbocycles. The summed E-state index contributed by atoms with van der Waals surface area (Å²) in [7, 11) is 1.63. The first kappa shape index (κ1) is 16.0. The van der Waals surface area contributed by atoms with Gasteiger partial charge in [0.1, 0.15) is 12.4 Å².